The fourth-order valence-corrected chi connectivity index (χ4v) is 3.90. The van der Waals surface area contributed by atoms with Crippen LogP contribution in [0, 0.1) is 0 Å². The van der Waals surface area contributed by atoms with Crippen molar-refractivity contribution in [2.45, 2.75) is 25.4 Å². The highest BCUT2D eigenvalue weighted by Gasteiger charge is 2.59. The van der Waals surface area contributed by atoms with Crippen LogP contribution in [0.4, 0.5) is 43.9 Å². The van der Waals surface area contributed by atoms with Crippen LogP contribution < -0.4 is 15.0 Å². The zero-order valence-corrected chi connectivity index (χ0v) is 20.8. The summed E-state index contributed by atoms with van der Waals surface area (Å²) >= 11 is 0. The van der Waals surface area contributed by atoms with Crippen molar-refractivity contribution in [2.24, 2.45) is 0 Å². The van der Waals surface area contributed by atoms with Crippen LogP contribution in [0.5, 0.6) is 6.01 Å². The Bertz CT molecular complexity index is 1350. The average molecular weight is 568 g/mol. The Balaban J connectivity index is 1.71. The second-order valence-electron chi connectivity index (χ2n) is 8.68. The van der Waals surface area contributed by atoms with Gasteiger partial charge in [-0.2, -0.15) is 41.3 Å². The zero-order chi connectivity index (χ0) is 29.1. The van der Waals surface area contributed by atoms with Gasteiger partial charge in [-0.3, -0.25) is 9.59 Å². The van der Waals surface area contributed by atoms with Crippen LogP contribution in [-0.4, -0.2) is 76.2 Å². The first-order valence-electron chi connectivity index (χ1n) is 11.9. The van der Waals surface area contributed by atoms with Crippen molar-refractivity contribution in [1.29, 1.82) is 0 Å². The number of carbonyl (C=O) groups is 2. The summed E-state index contributed by atoms with van der Waals surface area (Å²) in [7, 11) is 0. The lowest BCUT2D eigenvalue weighted by atomic mass is 10.0. The van der Waals surface area contributed by atoms with E-state index in [4.69, 9.17) is 0 Å². The first-order chi connectivity index (χ1) is 18.8. The fourth-order valence-electron chi connectivity index (χ4n) is 3.90. The highest BCUT2D eigenvalue weighted by atomic mass is 19.4. The number of ketones is 1. The Kier molecular flexibility index (Phi) is 8.11. The van der Waals surface area contributed by atoms with Gasteiger partial charge in [0.15, 0.2) is 5.78 Å². The van der Waals surface area contributed by atoms with E-state index in [1.54, 1.807) is 42.5 Å². The summed E-state index contributed by atoms with van der Waals surface area (Å²) in [6.07, 6.45) is -15.8. The van der Waals surface area contributed by atoms with Gasteiger partial charge in [0.2, 0.25) is 17.8 Å². The molecular formula is C25H22F6N6O3. The topological polar surface area (TPSA) is 101 Å². The van der Waals surface area contributed by atoms with E-state index < -0.39 is 36.2 Å². The number of alkyl halides is 6. The number of anilines is 3. The number of nitrogens with one attached hydrogen (secondary N) is 1. The van der Waals surface area contributed by atoms with Crippen LogP contribution in [-0.2, 0) is 4.79 Å². The molecule has 4 rings (SSSR count). The van der Waals surface area contributed by atoms with E-state index in [9.17, 15) is 35.9 Å². The van der Waals surface area contributed by atoms with E-state index >= 15 is 0 Å². The smallest absolute Gasteiger partial charge is 0.434 e. The van der Waals surface area contributed by atoms with Crippen molar-refractivity contribution < 1.29 is 40.7 Å². The molecule has 1 amide bonds. The third-order valence-electron chi connectivity index (χ3n) is 5.88. The molecule has 0 unspecified atom stereocenters. The highest BCUT2D eigenvalue weighted by molar-refractivity contribution is 6.12. The largest absolute Gasteiger partial charge is 0.440 e. The predicted octanol–water partition coefficient (Wildman–Crippen LogP) is 4.39. The first kappa shape index (κ1) is 28.6. The van der Waals surface area contributed by atoms with Crippen molar-refractivity contribution in [3.63, 3.8) is 0 Å². The van der Waals surface area contributed by atoms with Gasteiger partial charge in [0.05, 0.1) is 5.69 Å². The zero-order valence-electron chi connectivity index (χ0n) is 20.8. The lowest BCUT2D eigenvalue weighted by molar-refractivity contribution is -0.301. The van der Waals surface area contributed by atoms with Gasteiger partial charge in [0.1, 0.15) is 0 Å². The summed E-state index contributed by atoms with van der Waals surface area (Å²) in [5.74, 6) is -1.32. The Labute approximate surface area is 223 Å². The number of ether oxygens (including phenoxy) is 1. The molecule has 0 saturated carbocycles. The third kappa shape index (κ3) is 6.76. The van der Waals surface area contributed by atoms with Crippen LogP contribution in [0.2, 0.25) is 0 Å². The summed E-state index contributed by atoms with van der Waals surface area (Å²) in [5, 5.41) is 2.70. The third-order valence-corrected chi connectivity index (χ3v) is 5.88. The van der Waals surface area contributed by atoms with Crippen molar-refractivity contribution in [2.75, 3.05) is 36.4 Å². The minimum atomic E-state index is -5.81. The molecule has 212 valence electrons. The van der Waals surface area contributed by atoms with Crippen LogP contribution in [0.15, 0.2) is 54.6 Å². The molecular weight excluding hydrogens is 546 g/mol. The van der Waals surface area contributed by atoms with Crippen molar-refractivity contribution in [3.8, 4) is 6.01 Å². The van der Waals surface area contributed by atoms with E-state index in [0.29, 0.717) is 5.56 Å². The van der Waals surface area contributed by atoms with Gasteiger partial charge in [0.25, 0.3) is 6.10 Å². The van der Waals surface area contributed by atoms with Gasteiger partial charge in [-0.15, -0.1) is 0 Å². The number of benzene rings is 2. The highest BCUT2D eigenvalue weighted by Crippen LogP contribution is 2.36. The van der Waals surface area contributed by atoms with E-state index in [-0.39, 0.29) is 49.3 Å². The summed E-state index contributed by atoms with van der Waals surface area (Å²) < 4.78 is 83.5. The van der Waals surface area contributed by atoms with Gasteiger partial charge in [-0.05, 0) is 12.1 Å². The maximum atomic E-state index is 13.2. The molecule has 1 N–H and O–H groups in total. The minimum Gasteiger partial charge on any atom is -0.440 e. The molecule has 2 aromatic carbocycles. The lowest BCUT2D eigenvalue weighted by Gasteiger charge is -2.34. The number of hydrogen-bond acceptors (Lipinski definition) is 8. The molecule has 15 heteroatoms. The van der Waals surface area contributed by atoms with Crippen molar-refractivity contribution in [3.05, 3.63) is 65.7 Å². The summed E-state index contributed by atoms with van der Waals surface area (Å²) in [5.41, 5.74) is 0.638. The van der Waals surface area contributed by atoms with Crippen LogP contribution in [0.25, 0.3) is 0 Å². The number of aromatic nitrogens is 3. The Morgan fingerprint density at radius 2 is 1.45 bits per heavy atom. The van der Waals surface area contributed by atoms with Crippen molar-refractivity contribution >= 4 is 29.3 Å². The van der Waals surface area contributed by atoms with E-state index in [0.717, 1.165) is 0 Å². The molecule has 0 spiro atoms. The first-order valence-corrected chi connectivity index (χ1v) is 11.9. The lowest BCUT2D eigenvalue weighted by Crippen LogP contribution is -2.49. The average Bonchev–Trinajstić information content (AvgIpc) is 2.91. The number of amides is 1. The molecule has 40 heavy (non-hydrogen) atoms. The molecule has 2 heterocycles. The molecule has 0 bridgehead atoms. The molecule has 3 aromatic rings. The minimum absolute atomic E-state index is 0.143. The molecule has 1 aromatic heterocycles. The second kappa shape index (κ2) is 11.4. The number of para-hydroxylation sites is 1. The normalized spacial score (nSPS) is 14.3. The van der Waals surface area contributed by atoms with Gasteiger partial charge in [0, 0.05) is 44.2 Å². The summed E-state index contributed by atoms with van der Waals surface area (Å²) in [4.78, 5) is 39.2. The number of piperazine rings is 1. The van der Waals surface area contributed by atoms with Gasteiger partial charge in [-0.1, -0.05) is 42.5 Å². The molecule has 9 nitrogen and oxygen atoms in total. The number of halogens is 6. The van der Waals surface area contributed by atoms with Crippen LogP contribution >= 0.6 is 0 Å². The molecule has 1 aliphatic rings. The van der Waals surface area contributed by atoms with Gasteiger partial charge >= 0.3 is 18.4 Å². The number of carbonyl (C=O) groups excluding carboxylic acids is 2. The number of rotatable bonds is 7. The summed E-state index contributed by atoms with van der Waals surface area (Å²) in [6.45, 7) is 2.11. The predicted molar refractivity (Wildman–Crippen MR) is 130 cm³/mol. The van der Waals surface area contributed by atoms with E-state index in [2.05, 4.69) is 25.0 Å². The number of nitrogens with zero attached hydrogens (tertiary/aromatic N) is 5. The molecule has 0 aliphatic carbocycles. The van der Waals surface area contributed by atoms with Gasteiger partial charge < -0.3 is 19.9 Å². The fraction of sp³-hybridized carbons (Fsp3) is 0.320. The molecule has 0 radical (unpaired) electrons. The SMILES string of the molecule is CC(=O)N1CCN(c2nc(Nc3ccccc3C(=O)c3ccccc3)nc(OC(C(F)(F)F)C(F)(F)F)n2)CC1. The number of hydrogen-bond donors (Lipinski definition) is 1. The second-order valence-corrected chi connectivity index (χ2v) is 8.68. The summed E-state index contributed by atoms with van der Waals surface area (Å²) in [6, 6.07) is 13.1. The van der Waals surface area contributed by atoms with E-state index in [1.165, 1.54) is 28.9 Å². The maximum absolute atomic E-state index is 13.2. The Morgan fingerprint density at radius 1 is 0.850 bits per heavy atom. The molecule has 1 aliphatic heterocycles. The molecule has 0 atom stereocenters. The standard InChI is InChI=1S/C25H22F6N6O3/c1-15(38)36-11-13-37(14-12-36)22-33-21(34-23(35-22)40-20(24(26,27)28)25(29,30)31)32-18-10-6-5-9-17(18)19(39)16-7-3-2-4-8-16/h2-10,20H,11-14H2,1H3,(H,32,33,34,35). The Hall–Kier alpha value is -4.43. The van der Waals surface area contributed by atoms with Crippen LogP contribution in [0.3, 0.4) is 0 Å². The van der Waals surface area contributed by atoms with E-state index in [1.807, 2.05) is 0 Å². The Morgan fingerprint density at radius 3 is 2.05 bits per heavy atom. The molecule has 1 fully saturated rings. The van der Waals surface area contributed by atoms with Crippen molar-refractivity contribution in [1.82, 2.24) is 19.9 Å². The van der Waals surface area contributed by atoms with Crippen LogP contribution in [0.1, 0.15) is 22.8 Å². The monoisotopic (exact) mass is 568 g/mol. The maximum Gasteiger partial charge on any atom is 0.434 e. The quantitative estimate of drug-likeness (QED) is 0.331. The molecule has 1 saturated heterocycles. The van der Waals surface area contributed by atoms with Gasteiger partial charge in [-0.25, -0.2) is 0 Å².